The van der Waals surface area contributed by atoms with Crippen molar-refractivity contribution in [2.45, 2.75) is 17.7 Å². The second-order valence-corrected chi connectivity index (χ2v) is 8.24. The number of hydrogen-bond donors (Lipinski definition) is 1. The zero-order chi connectivity index (χ0) is 20.0. The molecule has 2 aromatic carbocycles. The van der Waals surface area contributed by atoms with Crippen LogP contribution in [0.25, 0.3) is 0 Å². The number of hydrogen-bond acceptors (Lipinski definition) is 4. The van der Waals surface area contributed by atoms with E-state index >= 15 is 0 Å². The summed E-state index contributed by atoms with van der Waals surface area (Å²) in [5, 5.41) is 2.85. The van der Waals surface area contributed by atoms with Gasteiger partial charge in [-0.3, -0.25) is 9.10 Å². The molecule has 0 aliphatic rings. The minimum absolute atomic E-state index is 0.199. The SMILES string of the molecule is CN(c1cccc(C(=O)NCCCc2ccco2)c1)S(=O)(=O)c1ccccc1. The van der Waals surface area contributed by atoms with Gasteiger partial charge in [-0.1, -0.05) is 24.3 Å². The molecule has 146 valence electrons. The summed E-state index contributed by atoms with van der Waals surface area (Å²) in [6.45, 7) is 0.502. The molecule has 0 aliphatic carbocycles. The number of amides is 1. The van der Waals surface area contributed by atoms with Gasteiger partial charge in [-0.25, -0.2) is 8.42 Å². The lowest BCUT2D eigenvalue weighted by Crippen LogP contribution is -2.28. The van der Waals surface area contributed by atoms with E-state index in [0.717, 1.165) is 18.6 Å². The van der Waals surface area contributed by atoms with Gasteiger partial charge in [0, 0.05) is 25.6 Å². The van der Waals surface area contributed by atoms with Crippen LogP contribution in [0.3, 0.4) is 0 Å². The molecule has 28 heavy (non-hydrogen) atoms. The summed E-state index contributed by atoms with van der Waals surface area (Å²) < 4.78 is 31.9. The Morgan fingerprint density at radius 1 is 1.04 bits per heavy atom. The summed E-state index contributed by atoms with van der Waals surface area (Å²) in [6.07, 6.45) is 3.12. The molecule has 3 aromatic rings. The highest BCUT2D eigenvalue weighted by atomic mass is 32.2. The van der Waals surface area contributed by atoms with Gasteiger partial charge in [0.05, 0.1) is 16.8 Å². The number of nitrogens with one attached hydrogen (secondary N) is 1. The van der Waals surface area contributed by atoms with E-state index in [-0.39, 0.29) is 10.8 Å². The first-order valence-corrected chi connectivity index (χ1v) is 10.4. The van der Waals surface area contributed by atoms with Crippen molar-refractivity contribution in [3.63, 3.8) is 0 Å². The van der Waals surface area contributed by atoms with Crippen molar-refractivity contribution in [1.82, 2.24) is 5.32 Å². The third-order valence-electron chi connectivity index (χ3n) is 4.34. The summed E-state index contributed by atoms with van der Waals surface area (Å²) in [4.78, 5) is 12.6. The zero-order valence-corrected chi connectivity index (χ0v) is 16.4. The molecule has 0 atom stereocenters. The van der Waals surface area contributed by atoms with Gasteiger partial charge in [-0.05, 0) is 48.9 Å². The monoisotopic (exact) mass is 398 g/mol. The van der Waals surface area contributed by atoms with Crippen molar-refractivity contribution in [2.75, 3.05) is 17.9 Å². The largest absolute Gasteiger partial charge is 0.469 e. The molecule has 1 aromatic heterocycles. The molecule has 1 N–H and O–H groups in total. The number of nitrogens with zero attached hydrogens (tertiary/aromatic N) is 1. The van der Waals surface area contributed by atoms with Crippen LogP contribution in [0.15, 0.2) is 82.3 Å². The van der Waals surface area contributed by atoms with Crippen molar-refractivity contribution >= 4 is 21.6 Å². The Bertz CT molecular complexity index is 1020. The summed E-state index contributed by atoms with van der Waals surface area (Å²) in [5.74, 6) is 0.635. The topological polar surface area (TPSA) is 79.6 Å². The molecule has 0 saturated heterocycles. The van der Waals surface area contributed by atoms with Crippen molar-refractivity contribution in [3.05, 3.63) is 84.3 Å². The van der Waals surface area contributed by atoms with Gasteiger partial charge in [0.15, 0.2) is 0 Å². The number of sulfonamides is 1. The Morgan fingerprint density at radius 2 is 1.82 bits per heavy atom. The predicted octanol–water partition coefficient (Wildman–Crippen LogP) is 3.47. The Balaban J connectivity index is 1.65. The molecule has 0 bridgehead atoms. The van der Waals surface area contributed by atoms with Crippen molar-refractivity contribution in [2.24, 2.45) is 0 Å². The van der Waals surface area contributed by atoms with Crippen LogP contribution >= 0.6 is 0 Å². The summed E-state index contributed by atoms with van der Waals surface area (Å²) >= 11 is 0. The van der Waals surface area contributed by atoms with Crippen LogP contribution in [0.5, 0.6) is 0 Å². The number of aryl methyl sites for hydroxylation is 1. The molecule has 7 heteroatoms. The van der Waals surface area contributed by atoms with E-state index in [9.17, 15) is 13.2 Å². The number of furan rings is 1. The Labute approximate surface area is 164 Å². The molecule has 1 amide bonds. The van der Waals surface area contributed by atoms with Gasteiger partial charge in [0.25, 0.3) is 15.9 Å². The van der Waals surface area contributed by atoms with Crippen LogP contribution in [0.2, 0.25) is 0 Å². The van der Waals surface area contributed by atoms with Gasteiger partial charge in [0.2, 0.25) is 0 Å². The fourth-order valence-corrected chi connectivity index (χ4v) is 3.96. The second kappa shape index (κ2) is 8.75. The lowest BCUT2D eigenvalue weighted by Gasteiger charge is -2.20. The number of carbonyl (C=O) groups excluding carboxylic acids is 1. The maximum atomic E-state index is 12.8. The lowest BCUT2D eigenvalue weighted by atomic mass is 10.2. The number of anilines is 1. The van der Waals surface area contributed by atoms with E-state index in [1.54, 1.807) is 60.9 Å². The number of rotatable bonds is 8. The standard InChI is InChI=1S/C21H22N2O4S/c1-23(28(25,26)20-12-3-2-4-13-20)18-9-5-8-17(16-18)21(24)22-14-6-10-19-11-7-15-27-19/h2-5,7-9,11-13,15-16H,6,10,14H2,1H3,(H,22,24). The Morgan fingerprint density at radius 3 is 2.54 bits per heavy atom. The van der Waals surface area contributed by atoms with E-state index in [1.807, 2.05) is 12.1 Å². The van der Waals surface area contributed by atoms with E-state index in [0.29, 0.717) is 17.8 Å². The molecule has 3 rings (SSSR count). The molecular formula is C21H22N2O4S. The smallest absolute Gasteiger partial charge is 0.264 e. The lowest BCUT2D eigenvalue weighted by molar-refractivity contribution is 0.0953. The normalized spacial score (nSPS) is 11.2. The van der Waals surface area contributed by atoms with Crippen molar-refractivity contribution in [3.8, 4) is 0 Å². The fourth-order valence-electron chi connectivity index (χ4n) is 2.75. The maximum absolute atomic E-state index is 12.8. The Hall–Kier alpha value is -3.06. The molecule has 0 spiro atoms. The Kier molecular flexibility index (Phi) is 6.16. The van der Waals surface area contributed by atoms with Crippen molar-refractivity contribution in [1.29, 1.82) is 0 Å². The van der Waals surface area contributed by atoms with Gasteiger partial charge in [-0.15, -0.1) is 0 Å². The van der Waals surface area contributed by atoms with Gasteiger partial charge in [-0.2, -0.15) is 0 Å². The average Bonchev–Trinajstić information content (AvgIpc) is 3.25. The van der Waals surface area contributed by atoms with E-state index < -0.39 is 10.0 Å². The molecule has 0 aliphatic heterocycles. The van der Waals surface area contributed by atoms with Crippen LogP contribution in [0, 0.1) is 0 Å². The average molecular weight is 398 g/mol. The molecule has 0 fully saturated rings. The number of carbonyl (C=O) groups is 1. The number of benzene rings is 2. The van der Waals surface area contributed by atoms with E-state index in [1.165, 1.54) is 11.4 Å². The third-order valence-corrected chi connectivity index (χ3v) is 6.14. The maximum Gasteiger partial charge on any atom is 0.264 e. The predicted molar refractivity (Wildman–Crippen MR) is 108 cm³/mol. The molecule has 6 nitrogen and oxygen atoms in total. The molecule has 0 radical (unpaired) electrons. The van der Waals surface area contributed by atoms with E-state index in [4.69, 9.17) is 4.42 Å². The minimum atomic E-state index is -3.69. The first kappa shape index (κ1) is 19.7. The van der Waals surface area contributed by atoms with Crippen LogP contribution in [0.4, 0.5) is 5.69 Å². The van der Waals surface area contributed by atoms with Gasteiger partial charge >= 0.3 is 0 Å². The molecule has 0 saturated carbocycles. The van der Waals surface area contributed by atoms with Crippen LogP contribution in [-0.4, -0.2) is 27.9 Å². The summed E-state index contributed by atoms with van der Waals surface area (Å²) in [7, 11) is -2.21. The first-order valence-electron chi connectivity index (χ1n) is 8.93. The quantitative estimate of drug-likeness (QED) is 0.589. The first-order chi connectivity index (χ1) is 13.5. The minimum Gasteiger partial charge on any atom is -0.469 e. The van der Waals surface area contributed by atoms with Crippen LogP contribution in [-0.2, 0) is 16.4 Å². The highest BCUT2D eigenvalue weighted by Gasteiger charge is 2.21. The van der Waals surface area contributed by atoms with Crippen molar-refractivity contribution < 1.29 is 17.6 Å². The van der Waals surface area contributed by atoms with E-state index in [2.05, 4.69) is 5.32 Å². The third kappa shape index (κ3) is 4.61. The van der Waals surface area contributed by atoms with Crippen LogP contribution < -0.4 is 9.62 Å². The molecule has 0 unspecified atom stereocenters. The zero-order valence-electron chi connectivity index (χ0n) is 15.5. The van der Waals surface area contributed by atoms with Crippen LogP contribution in [0.1, 0.15) is 22.5 Å². The summed E-state index contributed by atoms with van der Waals surface area (Å²) in [5.41, 5.74) is 0.831. The highest BCUT2D eigenvalue weighted by Crippen LogP contribution is 2.22. The summed E-state index contributed by atoms with van der Waals surface area (Å²) in [6, 6.07) is 18.5. The second-order valence-electron chi connectivity index (χ2n) is 6.27. The molecular weight excluding hydrogens is 376 g/mol. The van der Waals surface area contributed by atoms with Gasteiger partial charge in [0.1, 0.15) is 5.76 Å². The molecule has 1 heterocycles. The highest BCUT2D eigenvalue weighted by molar-refractivity contribution is 7.92. The van der Waals surface area contributed by atoms with Gasteiger partial charge < -0.3 is 9.73 Å². The fraction of sp³-hybridized carbons (Fsp3) is 0.190.